The van der Waals surface area contributed by atoms with Crippen LogP contribution in [-0.2, 0) is 0 Å². The SMILES string of the molecule is CSc1nc(C(=O)NC[C@@H](C)Oc2cccnc2)cs1. The number of rotatable bonds is 6. The summed E-state index contributed by atoms with van der Waals surface area (Å²) in [7, 11) is 0. The molecule has 0 radical (unpaired) electrons. The molecule has 106 valence electrons. The summed E-state index contributed by atoms with van der Waals surface area (Å²) >= 11 is 3.00. The Kier molecular flexibility index (Phi) is 5.37. The standard InChI is InChI=1S/C13H15N3O2S2/c1-9(18-10-4-3-5-14-7-10)6-15-12(17)11-8-20-13(16-11)19-2/h3-5,7-9H,6H2,1-2H3,(H,15,17)/t9-/m1/s1. The molecule has 0 fully saturated rings. The molecule has 2 rings (SSSR count). The van der Waals surface area contributed by atoms with E-state index in [0.29, 0.717) is 18.0 Å². The summed E-state index contributed by atoms with van der Waals surface area (Å²) in [6.07, 6.45) is 5.13. The molecule has 1 N–H and O–H groups in total. The van der Waals surface area contributed by atoms with Crippen LogP contribution in [0, 0.1) is 0 Å². The number of thioether (sulfide) groups is 1. The highest BCUT2D eigenvalue weighted by atomic mass is 32.2. The topological polar surface area (TPSA) is 64.1 Å². The number of hydrogen-bond acceptors (Lipinski definition) is 6. The number of pyridine rings is 1. The van der Waals surface area contributed by atoms with Gasteiger partial charge in [-0.1, -0.05) is 11.8 Å². The molecular weight excluding hydrogens is 294 g/mol. The minimum atomic E-state index is -0.178. The minimum Gasteiger partial charge on any atom is -0.487 e. The molecular formula is C13H15N3O2S2. The maximum Gasteiger partial charge on any atom is 0.270 e. The summed E-state index contributed by atoms with van der Waals surface area (Å²) in [5.74, 6) is 0.510. The van der Waals surface area contributed by atoms with Gasteiger partial charge in [0.05, 0.1) is 12.7 Å². The highest BCUT2D eigenvalue weighted by molar-refractivity contribution is 8.00. The van der Waals surface area contributed by atoms with Crippen molar-refractivity contribution < 1.29 is 9.53 Å². The van der Waals surface area contributed by atoms with Gasteiger partial charge in [-0.3, -0.25) is 9.78 Å². The third kappa shape index (κ3) is 4.21. The molecule has 1 amide bonds. The summed E-state index contributed by atoms with van der Waals surface area (Å²) in [4.78, 5) is 20.1. The maximum absolute atomic E-state index is 11.9. The van der Waals surface area contributed by atoms with Crippen molar-refractivity contribution in [2.75, 3.05) is 12.8 Å². The van der Waals surface area contributed by atoms with Crippen LogP contribution in [0.5, 0.6) is 5.75 Å². The molecule has 0 aliphatic carbocycles. The molecule has 0 unspecified atom stereocenters. The highest BCUT2D eigenvalue weighted by Gasteiger charge is 2.12. The summed E-state index contributed by atoms with van der Waals surface area (Å²) in [6.45, 7) is 2.31. The quantitative estimate of drug-likeness (QED) is 0.830. The van der Waals surface area contributed by atoms with Gasteiger partial charge < -0.3 is 10.1 Å². The Morgan fingerprint density at radius 1 is 1.60 bits per heavy atom. The average molecular weight is 309 g/mol. The molecule has 0 bridgehead atoms. The number of carbonyl (C=O) groups is 1. The zero-order valence-electron chi connectivity index (χ0n) is 11.2. The molecule has 2 aromatic heterocycles. The van der Waals surface area contributed by atoms with Gasteiger partial charge in [-0.15, -0.1) is 11.3 Å². The molecule has 0 saturated heterocycles. The van der Waals surface area contributed by atoms with E-state index in [9.17, 15) is 4.79 Å². The second-order valence-corrected chi connectivity index (χ2v) is 5.94. The van der Waals surface area contributed by atoms with Crippen LogP contribution in [0.4, 0.5) is 0 Å². The minimum absolute atomic E-state index is 0.137. The summed E-state index contributed by atoms with van der Waals surface area (Å²) in [5.41, 5.74) is 0.452. The van der Waals surface area contributed by atoms with E-state index in [1.54, 1.807) is 23.8 Å². The lowest BCUT2D eigenvalue weighted by atomic mass is 10.3. The molecule has 1 atom stereocenters. The Morgan fingerprint density at radius 2 is 2.45 bits per heavy atom. The molecule has 0 saturated carbocycles. The molecule has 0 spiro atoms. The number of carbonyl (C=O) groups excluding carboxylic acids is 1. The summed E-state index contributed by atoms with van der Waals surface area (Å²) in [5, 5.41) is 4.56. The first kappa shape index (κ1) is 14.8. The van der Waals surface area contributed by atoms with E-state index < -0.39 is 0 Å². The average Bonchev–Trinajstić information content (AvgIpc) is 2.95. The molecule has 20 heavy (non-hydrogen) atoms. The van der Waals surface area contributed by atoms with Gasteiger partial charge in [-0.2, -0.15) is 0 Å². The van der Waals surface area contributed by atoms with Gasteiger partial charge in [0.25, 0.3) is 5.91 Å². The number of amides is 1. The van der Waals surface area contributed by atoms with Gasteiger partial charge >= 0.3 is 0 Å². The van der Waals surface area contributed by atoms with Crippen LogP contribution in [0.2, 0.25) is 0 Å². The Hall–Kier alpha value is -1.60. The number of nitrogens with zero attached hydrogens (tertiary/aromatic N) is 2. The van der Waals surface area contributed by atoms with Gasteiger partial charge in [-0.25, -0.2) is 4.98 Å². The zero-order valence-corrected chi connectivity index (χ0v) is 12.8. The third-order valence-corrected chi connectivity index (χ3v) is 4.28. The van der Waals surface area contributed by atoms with Crippen LogP contribution in [-0.4, -0.2) is 34.8 Å². The Bertz CT molecular complexity index is 560. The first-order chi connectivity index (χ1) is 9.69. The predicted octanol–water partition coefficient (Wildman–Crippen LogP) is 2.46. The van der Waals surface area contributed by atoms with Crippen LogP contribution in [0.1, 0.15) is 17.4 Å². The van der Waals surface area contributed by atoms with Crippen LogP contribution in [0.25, 0.3) is 0 Å². The zero-order chi connectivity index (χ0) is 14.4. The maximum atomic E-state index is 11.9. The monoisotopic (exact) mass is 309 g/mol. The highest BCUT2D eigenvalue weighted by Crippen LogP contribution is 2.19. The molecule has 5 nitrogen and oxygen atoms in total. The van der Waals surface area contributed by atoms with Crippen LogP contribution in [0.3, 0.4) is 0 Å². The molecule has 0 aromatic carbocycles. The van der Waals surface area contributed by atoms with Crippen LogP contribution < -0.4 is 10.1 Å². The molecule has 0 aliphatic heterocycles. The number of thiazole rings is 1. The first-order valence-corrected chi connectivity index (χ1v) is 8.14. The van der Waals surface area contributed by atoms with E-state index in [-0.39, 0.29) is 12.0 Å². The van der Waals surface area contributed by atoms with Gasteiger partial charge in [-0.05, 0) is 25.3 Å². The number of nitrogens with one attached hydrogen (secondary N) is 1. The lowest BCUT2D eigenvalue weighted by Gasteiger charge is -2.14. The Balaban J connectivity index is 1.81. The van der Waals surface area contributed by atoms with E-state index in [1.807, 2.05) is 19.2 Å². The van der Waals surface area contributed by atoms with Crippen molar-refractivity contribution in [2.24, 2.45) is 0 Å². The number of hydrogen-bond donors (Lipinski definition) is 1. The van der Waals surface area contributed by atoms with Crippen molar-refractivity contribution >= 4 is 29.0 Å². The Labute approximate surface area is 125 Å². The largest absolute Gasteiger partial charge is 0.487 e. The van der Waals surface area contributed by atoms with Crippen molar-refractivity contribution in [1.29, 1.82) is 0 Å². The van der Waals surface area contributed by atoms with E-state index >= 15 is 0 Å². The van der Waals surface area contributed by atoms with Crippen molar-refractivity contribution in [2.45, 2.75) is 17.4 Å². The van der Waals surface area contributed by atoms with Crippen molar-refractivity contribution in [3.8, 4) is 5.75 Å². The van der Waals surface area contributed by atoms with E-state index in [1.165, 1.54) is 23.1 Å². The van der Waals surface area contributed by atoms with Gasteiger partial charge in [0, 0.05) is 11.6 Å². The molecule has 7 heteroatoms. The smallest absolute Gasteiger partial charge is 0.270 e. The van der Waals surface area contributed by atoms with E-state index in [4.69, 9.17) is 4.74 Å². The van der Waals surface area contributed by atoms with Gasteiger partial charge in [0.15, 0.2) is 0 Å². The Morgan fingerprint density at radius 3 is 3.10 bits per heavy atom. The normalized spacial score (nSPS) is 11.9. The van der Waals surface area contributed by atoms with Gasteiger partial charge in [0.2, 0.25) is 0 Å². The molecule has 2 heterocycles. The lowest BCUT2D eigenvalue weighted by molar-refractivity contribution is 0.0927. The fourth-order valence-corrected chi connectivity index (χ4v) is 2.72. The predicted molar refractivity (Wildman–Crippen MR) is 80.6 cm³/mol. The third-order valence-electron chi connectivity index (χ3n) is 2.41. The summed E-state index contributed by atoms with van der Waals surface area (Å²) < 4.78 is 6.51. The first-order valence-electron chi connectivity index (χ1n) is 6.03. The van der Waals surface area contributed by atoms with Crippen LogP contribution >= 0.6 is 23.1 Å². The van der Waals surface area contributed by atoms with Crippen LogP contribution in [0.15, 0.2) is 34.2 Å². The molecule has 2 aromatic rings. The second kappa shape index (κ2) is 7.25. The lowest BCUT2D eigenvalue weighted by Crippen LogP contribution is -2.33. The van der Waals surface area contributed by atoms with Crippen molar-refractivity contribution in [3.63, 3.8) is 0 Å². The van der Waals surface area contributed by atoms with Crippen molar-refractivity contribution in [1.82, 2.24) is 15.3 Å². The van der Waals surface area contributed by atoms with E-state index in [2.05, 4.69) is 15.3 Å². The number of ether oxygens (including phenoxy) is 1. The fourth-order valence-electron chi connectivity index (χ4n) is 1.47. The number of aromatic nitrogens is 2. The molecule has 0 aliphatic rings. The fraction of sp³-hybridized carbons (Fsp3) is 0.308. The summed E-state index contributed by atoms with van der Waals surface area (Å²) in [6, 6.07) is 3.64. The van der Waals surface area contributed by atoms with E-state index in [0.717, 1.165) is 4.34 Å². The second-order valence-electron chi connectivity index (χ2n) is 4.03. The van der Waals surface area contributed by atoms with Crippen molar-refractivity contribution in [3.05, 3.63) is 35.6 Å². The van der Waals surface area contributed by atoms with Gasteiger partial charge in [0.1, 0.15) is 21.9 Å².